The smallest absolute Gasteiger partial charge is 0.353 e. The molecule has 0 fully saturated rings. The van der Waals surface area contributed by atoms with Crippen molar-refractivity contribution < 1.29 is 18.7 Å². The molecular weight excluding hydrogens is 489 g/mol. The van der Waals surface area contributed by atoms with Crippen molar-refractivity contribution in [2.24, 2.45) is 0 Å². The average molecular weight is 536 g/mol. The van der Waals surface area contributed by atoms with E-state index in [4.69, 9.17) is 21.4 Å². The Labute approximate surface area is 222 Å². The van der Waals surface area contributed by atoms with Crippen molar-refractivity contribution in [1.29, 1.82) is 0 Å². The van der Waals surface area contributed by atoms with Gasteiger partial charge in [0.25, 0.3) is 0 Å². The Morgan fingerprint density at radius 1 is 0.973 bits per heavy atom. The normalized spacial score (nSPS) is 14.0. The topological polar surface area (TPSA) is 125 Å². The van der Waals surface area contributed by atoms with Gasteiger partial charge < -0.3 is 24.5 Å². The van der Waals surface area contributed by atoms with E-state index in [9.17, 15) is 9.46 Å². The summed E-state index contributed by atoms with van der Waals surface area (Å²) in [6.07, 6.45) is 25.7. The molecule has 2 heterocycles. The Morgan fingerprint density at radius 2 is 1.54 bits per heavy atom. The van der Waals surface area contributed by atoms with E-state index < -0.39 is 7.60 Å². The molecule has 0 amide bonds. The van der Waals surface area contributed by atoms with Crippen molar-refractivity contribution in [1.82, 2.24) is 19.5 Å². The average Bonchev–Trinajstić information content (AvgIpc) is 3.28. The van der Waals surface area contributed by atoms with E-state index in [1.54, 1.807) is 10.9 Å². The predicted molar refractivity (Wildman–Crippen MR) is 149 cm³/mol. The summed E-state index contributed by atoms with van der Waals surface area (Å²) in [6, 6.07) is 0. The minimum Gasteiger partial charge on any atom is -0.382 e. The Morgan fingerprint density at radius 3 is 2.14 bits per heavy atom. The maximum atomic E-state index is 12.3. The van der Waals surface area contributed by atoms with Crippen molar-refractivity contribution in [3.05, 3.63) is 12.7 Å². The second-order valence-electron chi connectivity index (χ2n) is 9.81. The van der Waals surface area contributed by atoms with Crippen LogP contribution < -0.4 is 5.73 Å². The van der Waals surface area contributed by atoms with Gasteiger partial charge in [0.2, 0.25) is 0 Å². The quantitative estimate of drug-likeness (QED) is 0.1000. The highest BCUT2D eigenvalue weighted by atomic mass is 31.2. The standard InChI is InChI=1S/C27H46N5O4P/c1-3-4-5-6-7-8-9-10-11-12-13-14-15-16-17-18-19-36-37(33,34)23-35-24(2)20-32-22-31-25-26(28)29-21-30-27(25)32/h1,21-22,24H,4-20,23H2,2H3,(H,33,34)(H2,28,29,30)/t24-/m1/s1. The Balaban J connectivity index is 1.42. The first-order valence-corrected chi connectivity index (χ1v) is 15.6. The van der Waals surface area contributed by atoms with Gasteiger partial charge in [-0.2, -0.15) is 0 Å². The van der Waals surface area contributed by atoms with Crippen LogP contribution in [0.15, 0.2) is 12.7 Å². The summed E-state index contributed by atoms with van der Waals surface area (Å²) in [5, 5.41) is 0. The summed E-state index contributed by atoms with van der Waals surface area (Å²) < 4.78 is 24.9. The maximum absolute atomic E-state index is 12.3. The fraction of sp³-hybridized carbons (Fsp3) is 0.741. The Bertz CT molecular complexity index is 977. The van der Waals surface area contributed by atoms with Gasteiger partial charge in [-0.15, -0.1) is 12.3 Å². The first kappa shape index (κ1) is 31.2. The van der Waals surface area contributed by atoms with Crippen molar-refractivity contribution >= 4 is 24.6 Å². The van der Waals surface area contributed by atoms with E-state index in [1.165, 1.54) is 77.0 Å². The number of anilines is 1. The summed E-state index contributed by atoms with van der Waals surface area (Å²) in [7, 11) is -3.78. The number of ether oxygens (including phenoxy) is 1. The summed E-state index contributed by atoms with van der Waals surface area (Å²) in [5.41, 5.74) is 6.93. The van der Waals surface area contributed by atoms with Crippen molar-refractivity contribution in [2.45, 2.75) is 116 Å². The molecule has 2 atom stereocenters. The van der Waals surface area contributed by atoms with E-state index in [-0.39, 0.29) is 19.1 Å². The predicted octanol–water partition coefficient (Wildman–Crippen LogP) is 6.46. The Hall–Kier alpha value is -1.98. The van der Waals surface area contributed by atoms with Gasteiger partial charge in [0.05, 0.1) is 25.6 Å². The molecular formula is C27H46N5O4P. The van der Waals surface area contributed by atoms with E-state index in [0.717, 1.165) is 25.7 Å². The fourth-order valence-electron chi connectivity index (χ4n) is 4.28. The van der Waals surface area contributed by atoms with Crippen LogP contribution in [-0.2, 0) is 20.4 Å². The fourth-order valence-corrected chi connectivity index (χ4v) is 5.21. The number of hydrogen-bond donors (Lipinski definition) is 2. The minimum atomic E-state index is -3.78. The molecule has 0 radical (unpaired) electrons. The zero-order valence-electron chi connectivity index (χ0n) is 22.5. The summed E-state index contributed by atoms with van der Waals surface area (Å²) >= 11 is 0. The summed E-state index contributed by atoms with van der Waals surface area (Å²) in [6.45, 7) is 2.51. The van der Waals surface area contributed by atoms with E-state index in [1.807, 2.05) is 6.92 Å². The lowest BCUT2D eigenvalue weighted by molar-refractivity contribution is 0.0715. The summed E-state index contributed by atoms with van der Waals surface area (Å²) in [5.74, 6) is 3.02. The van der Waals surface area contributed by atoms with Gasteiger partial charge in [-0.1, -0.05) is 77.0 Å². The zero-order chi connectivity index (χ0) is 26.8. The number of unbranched alkanes of at least 4 members (excludes halogenated alkanes) is 14. The van der Waals surface area contributed by atoms with Crippen LogP contribution in [0.5, 0.6) is 0 Å². The van der Waals surface area contributed by atoms with Crippen molar-refractivity contribution in [3.63, 3.8) is 0 Å². The molecule has 9 nitrogen and oxygen atoms in total. The number of rotatable bonds is 22. The van der Waals surface area contributed by atoms with Crippen molar-refractivity contribution in [3.8, 4) is 12.3 Å². The van der Waals surface area contributed by atoms with Gasteiger partial charge in [0.1, 0.15) is 18.2 Å². The maximum Gasteiger partial charge on any atom is 0.353 e. The first-order valence-electron chi connectivity index (χ1n) is 13.9. The number of nitrogen functional groups attached to an aromatic ring is 1. The molecule has 0 saturated carbocycles. The number of nitrogens with two attached hydrogens (primary N) is 1. The Kier molecular flexibility index (Phi) is 15.5. The molecule has 2 aromatic heterocycles. The molecule has 3 N–H and O–H groups in total. The van der Waals surface area contributed by atoms with Gasteiger partial charge in [-0.3, -0.25) is 4.57 Å². The number of terminal acetylenes is 1. The molecule has 2 aromatic rings. The number of fused-ring (bicyclic) bond motifs is 1. The number of nitrogens with zero attached hydrogens (tertiary/aromatic N) is 4. The second kappa shape index (κ2) is 18.3. The van der Waals surface area contributed by atoms with Crippen LogP contribution in [0.2, 0.25) is 0 Å². The van der Waals surface area contributed by atoms with Crippen LogP contribution in [0.3, 0.4) is 0 Å². The molecule has 0 saturated heterocycles. The van der Waals surface area contributed by atoms with Crippen molar-refractivity contribution in [2.75, 3.05) is 18.7 Å². The molecule has 208 valence electrons. The number of hydrogen-bond acceptors (Lipinski definition) is 7. The zero-order valence-corrected chi connectivity index (χ0v) is 23.4. The van der Waals surface area contributed by atoms with Crippen LogP contribution in [0.4, 0.5) is 5.82 Å². The molecule has 37 heavy (non-hydrogen) atoms. The SMILES string of the molecule is C#CCCCCCCCCCCCCCCCCOP(=O)(O)CO[C@H](C)Cn1cnc2c(N)ncnc21. The molecule has 0 aliphatic carbocycles. The molecule has 0 aliphatic rings. The van der Waals surface area contributed by atoms with Gasteiger partial charge in [-0.05, 0) is 19.8 Å². The lowest BCUT2D eigenvalue weighted by atomic mass is 10.0. The van der Waals surface area contributed by atoms with Crippen LogP contribution in [0.1, 0.15) is 103 Å². The molecule has 0 bridgehead atoms. The highest BCUT2D eigenvalue weighted by molar-refractivity contribution is 7.52. The van der Waals surface area contributed by atoms with E-state index in [2.05, 4.69) is 20.9 Å². The monoisotopic (exact) mass is 535 g/mol. The van der Waals surface area contributed by atoms with Crippen LogP contribution in [0.25, 0.3) is 11.2 Å². The summed E-state index contributed by atoms with van der Waals surface area (Å²) in [4.78, 5) is 22.4. The van der Waals surface area contributed by atoms with Crippen LogP contribution >= 0.6 is 7.60 Å². The van der Waals surface area contributed by atoms with E-state index in [0.29, 0.717) is 23.5 Å². The molecule has 1 unspecified atom stereocenters. The highest BCUT2D eigenvalue weighted by Crippen LogP contribution is 2.42. The first-order chi connectivity index (χ1) is 17.9. The lowest BCUT2D eigenvalue weighted by Gasteiger charge is -2.17. The van der Waals surface area contributed by atoms with Gasteiger partial charge in [0.15, 0.2) is 11.5 Å². The van der Waals surface area contributed by atoms with Gasteiger partial charge in [0, 0.05) is 6.42 Å². The van der Waals surface area contributed by atoms with Crippen LogP contribution in [-0.4, -0.2) is 43.5 Å². The number of imidazole rings is 1. The molecule has 2 rings (SSSR count). The van der Waals surface area contributed by atoms with Gasteiger partial charge in [-0.25, -0.2) is 15.0 Å². The lowest BCUT2D eigenvalue weighted by Crippen LogP contribution is -2.17. The molecule has 10 heteroatoms. The minimum absolute atomic E-state index is 0.274. The van der Waals surface area contributed by atoms with E-state index >= 15 is 0 Å². The molecule has 0 spiro atoms. The van der Waals surface area contributed by atoms with Crippen LogP contribution in [0, 0.1) is 12.3 Å². The molecule has 0 aromatic carbocycles. The molecule has 0 aliphatic heterocycles. The second-order valence-corrected chi connectivity index (χ2v) is 11.6. The third-order valence-corrected chi connectivity index (χ3v) is 7.48. The largest absolute Gasteiger partial charge is 0.382 e. The third kappa shape index (κ3) is 13.4. The number of aromatic nitrogens is 4. The highest BCUT2D eigenvalue weighted by Gasteiger charge is 2.21. The third-order valence-electron chi connectivity index (χ3n) is 6.41. The van der Waals surface area contributed by atoms with Gasteiger partial charge >= 0.3 is 7.60 Å².